The first-order chi connectivity index (χ1) is 4.74. The molecule has 4 N–H and O–H groups in total. The van der Waals surface area contributed by atoms with Crippen molar-refractivity contribution in [3.05, 3.63) is 12.0 Å². The minimum Gasteiger partial charge on any atom is -0.513 e. The Morgan fingerprint density at radius 3 is 2.90 bits per heavy atom. The van der Waals surface area contributed by atoms with E-state index < -0.39 is 0 Å². The van der Waals surface area contributed by atoms with E-state index >= 15 is 0 Å². The second-order valence-corrected chi connectivity index (χ2v) is 1.82. The van der Waals surface area contributed by atoms with Crippen molar-refractivity contribution in [3.63, 3.8) is 0 Å². The number of hydrogen-bond donors (Lipinski definition) is 3. The summed E-state index contributed by atoms with van der Waals surface area (Å²) < 4.78 is 0. The molecule has 0 saturated carbocycles. The highest BCUT2D eigenvalue weighted by Crippen LogP contribution is 1.99. The summed E-state index contributed by atoms with van der Waals surface area (Å²) in [5, 5.41) is 12.2. The van der Waals surface area contributed by atoms with Gasteiger partial charge < -0.3 is 10.8 Å². The van der Waals surface area contributed by atoms with E-state index in [9.17, 15) is 0 Å². The van der Waals surface area contributed by atoms with Gasteiger partial charge in [0.2, 0.25) is 0 Å². The van der Waals surface area contributed by atoms with Crippen LogP contribution in [0.1, 0.15) is 6.92 Å². The largest absolute Gasteiger partial charge is 0.513 e. The quantitative estimate of drug-likeness (QED) is 0.403. The van der Waals surface area contributed by atoms with Crippen LogP contribution in [0.25, 0.3) is 0 Å². The van der Waals surface area contributed by atoms with Gasteiger partial charge in [0.15, 0.2) is 5.84 Å². The van der Waals surface area contributed by atoms with Crippen LogP contribution in [0.15, 0.2) is 22.1 Å². The number of aliphatic imine (C=N–C) groups is 1. The molecular weight excluding hydrogens is 132 g/mol. The van der Waals surface area contributed by atoms with Crippen molar-refractivity contribution in [2.24, 2.45) is 15.8 Å². The van der Waals surface area contributed by atoms with Crippen molar-refractivity contribution in [3.8, 4) is 0 Å². The maximum atomic E-state index is 8.52. The lowest BCUT2D eigenvalue weighted by molar-refractivity contribution is 0.469. The molecule has 0 aromatic heterocycles. The van der Waals surface area contributed by atoms with Crippen molar-refractivity contribution in [1.82, 2.24) is 5.43 Å². The smallest absolute Gasteiger partial charge is 0.172 e. The van der Waals surface area contributed by atoms with E-state index in [1.165, 1.54) is 0 Å². The predicted octanol–water partition coefficient (Wildman–Crippen LogP) is -0.320. The Morgan fingerprint density at radius 1 is 1.70 bits per heavy atom. The molecule has 0 aromatic carbocycles. The number of amidine groups is 2. The van der Waals surface area contributed by atoms with Gasteiger partial charge in [0.1, 0.15) is 17.8 Å². The monoisotopic (exact) mass is 140 g/mol. The Morgan fingerprint density at radius 2 is 2.40 bits per heavy atom. The highest BCUT2D eigenvalue weighted by Gasteiger charge is 2.06. The van der Waals surface area contributed by atoms with Crippen molar-refractivity contribution >= 4 is 11.7 Å². The summed E-state index contributed by atoms with van der Waals surface area (Å²) in [7, 11) is 0. The standard InChI is InChI=1S/C5H8N4O/c1-3-7-4(2-10)5(6)9-8-3/h2,10H,1H3,(H2,6,9)(H,7,8). The van der Waals surface area contributed by atoms with Crippen LogP contribution in [0.3, 0.4) is 0 Å². The van der Waals surface area contributed by atoms with Crippen LogP contribution in [0, 0.1) is 0 Å². The van der Waals surface area contributed by atoms with Crippen molar-refractivity contribution in [2.75, 3.05) is 0 Å². The van der Waals surface area contributed by atoms with Crippen LogP contribution in [-0.4, -0.2) is 16.8 Å². The van der Waals surface area contributed by atoms with Crippen LogP contribution in [0.4, 0.5) is 0 Å². The van der Waals surface area contributed by atoms with Crippen LogP contribution in [-0.2, 0) is 0 Å². The molecule has 0 aliphatic carbocycles. The fraction of sp³-hybridized carbons (Fsp3) is 0.200. The number of nitrogens with two attached hydrogens (primary N) is 1. The summed E-state index contributed by atoms with van der Waals surface area (Å²) >= 11 is 0. The number of nitrogens with zero attached hydrogens (tertiary/aromatic N) is 2. The first-order valence-electron chi connectivity index (χ1n) is 2.73. The van der Waals surface area contributed by atoms with Gasteiger partial charge in [0, 0.05) is 0 Å². The number of aliphatic hydroxyl groups excluding tert-OH is 1. The minimum absolute atomic E-state index is 0.188. The van der Waals surface area contributed by atoms with E-state index in [4.69, 9.17) is 10.8 Å². The number of hydrazone groups is 1. The highest BCUT2D eigenvalue weighted by molar-refractivity contribution is 6.01. The fourth-order valence-corrected chi connectivity index (χ4v) is 0.556. The van der Waals surface area contributed by atoms with E-state index in [0.717, 1.165) is 6.26 Å². The molecule has 0 bridgehead atoms. The fourth-order valence-electron chi connectivity index (χ4n) is 0.556. The van der Waals surface area contributed by atoms with Gasteiger partial charge in [-0.05, 0) is 6.92 Å². The first kappa shape index (κ1) is 6.60. The molecule has 0 spiro atoms. The van der Waals surface area contributed by atoms with E-state index in [2.05, 4.69) is 15.5 Å². The Labute approximate surface area is 57.9 Å². The van der Waals surface area contributed by atoms with E-state index in [-0.39, 0.29) is 11.5 Å². The molecular formula is C5H8N4O. The molecule has 0 amide bonds. The Bertz CT molecular complexity index is 228. The van der Waals surface area contributed by atoms with Gasteiger partial charge in [-0.2, -0.15) is 5.10 Å². The Balaban J connectivity index is 2.90. The Kier molecular flexibility index (Phi) is 1.57. The molecule has 10 heavy (non-hydrogen) atoms. The molecule has 1 rings (SSSR count). The molecule has 0 unspecified atom stereocenters. The maximum Gasteiger partial charge on any atom is 0.172 e. The third-order valence-electron chi connectivity index (χ3n) is 1.01. The predicted molar refractivity (Wildman–Crippen MR) is 38.6 cm³/mol. The topological polar surface area (TPSA) is 83.0 Å². The van der Waals surface area contributed by atoms with Crippen LogP contribution < -0.4 is 11.2 Å². The molecule has 1 aliphatic rings. The average molecular weight is 140 g/mol. The first-order valence-corrected chi connectivity index (χ1v) is 2.73. The van der Waals surface area contributed by atoms with Gasteiger partial charge in [0.25, 0.3) is 0 Å². The second-order valence-electron chi connectivity index (χ2n) is 1.82. The van der Waals surface area contributed by atoms with E-state index in [0.29, 0.717) is 5.84 Å². The van der Waals surface area contributed by atoms with Crippen molar-refractivity contribution in [2.45, 2.75) is 6.92 Å². The summed E-state index contributed by atoms with van der Waals surface area (Å²) in [4.78, 5) is 3.84. The lowest BCUT2D eigenvalue weighted by atomic mass is 10.4. The molecule has 1 heterocycles. The minimum atomic E-state index is 0.188. The molecule has 5 nitrogen and oxygen atoms in total. The maximum absolute atomic E-state index is 8.52. The molecule has 0 fully saturated rings. The van der Waals surface area contributed by atoms with Gasteiger partial charge >= 0.3 is 0 Å². The molecule has 54 valence electrons. The zero-order valence-corrected chi connectivity index (χ0v) is 5.50. The number of aliphatic hydroxyl groups is 1. The number of nitrogens with one attached hydrogen (secondary N) is 1. The van der Waals surface area contributed by atoms with Crippen LogP contribution >= 0.6 is 0 Å². The van der Waals surface area contributed by atoms with Crippen molar-refractivity contribution < 1.29 is 5.11 Å². The van der Waals surface area contributed by atoms with E-state index in [1.54, 1.807) is 6.92 Å². The average Bonchev–Trinajstić information content (AvgIpc) is 1.94. The summed E-state index contributed by atoms with van der Waals surface area (Å²) in [6.07, 6.45) is 0.823. The lowest BCUT2D eigenvalue weighted by Crippen LogP contribution is -2.27. The van der Waals surface area contributed by atoms with Crippen molar-refractivity contribution in [1.29, 1.82) is 0 Å². The van der Waals surface area contributed by atoms with Gasteiger partial charge in [-0.15, -0.1) is 0 Å². The van der Waals surface area contributed by atoms with E-state index in [1.807, 2.05) is 0 Å². The third kappa shape index (κ3) is 1.07. The summed E-state index contributed by atoms with van der Waals surface area (Å²) in [5.74, 6) is 0.794. The van der Waals surface area contributed by atoms with Crippen LogP contribution in [0.2, 0.25) is 0 Å². The van der Waals surface area contributed by atoms with Gasteiger partial charge in [-0.25, -0.2) is 4.99 Å². The van der Waals surface area contributed by atoms with Crippen LogP contribution in [0.5, 0.6) is 0 Å². The molecule has 0 aromatic rings. The summed E-state index contributed by atoms with van der Waals surface area (Å²) in [6, 6.07) is 0. The van der Waals surface area contributed by atoms with Gasteiger partial charge in [0.05, 0.1) is 0 Å². The Hall–Kier alpha value is -1.52. The number of rotatable bonds is 0. The summed E-state index contributed by atoms with van der Waals surface area (Å²) in [6.45, 7) is 1.72. The summed E-state index contributed by atoms with van der Waals surface area (Å²) in [5.41, 5.74) is 8.15. The molecule has 0 atom stereocenters. The lowest BCUT2D eigenvalue weighted by Gasteiger charge is -2.08. The molecule has 1 aliphatic heterocycles. The molecule has 0 radical (unpaired) electrons. The van der Waals surface area contributed by atoms with Gasteiger partial charge in [-0.1, -0.05) is 0 Å². The second kappa shape index (κ2) is 2.38. The third-order valence-corrected chi connectivity index (χ3v) is 1.01. The molecule has 5 heteroatoms. The zero-order valence-electron chi connectivity index (χ0n) is 5.50. The SMILES string of the molecule is CC1=NC(=CO)C(N)=NN1. The number of hydrogen-bond acceptors (Lipinski definition) is 5. The van der Waals surface area contributed by atoms with Gasteiger partial charge in [-0.3, -0.25) is 5.43 Å². The zero-order chi connectivity index (χ0) is 7.56. The molecule has 0 saturated heterocycles. The highest BCUT2D eigenvalue weighted by atomic mass is 16.2. The normalized spacial score (nSPS) is 21.5.